The maximum absolute atomic E-state index is 12.0. The van der Waals surface area contributed by atoms with E-state index in [-0.39, 0.29) is 10.6 Å². The Morgan fingerprint density at radius 2 is 1.77 bits per heavy atom. The summed E-state index contributed by atoms with van der Waals surface area (Å²) in [5, 5.41) is 1.86. The van der Waals surface area contributed by atoms with Crippen molar-refractivity contribution in [2.75, 3.05) is 0 Å². The molecule has 0 radical (unpaired) electrons. The van der Waals surface area contributed by atoms with Gasteiger partial charge in [-0.3, -0.25) is 15.1 Å². The Morgan fingerprint density at radius 1 is 1.09 bits per heavy atom. The normalized spacial score (nSPS) is 10.8. The van der Waals surface area contributed by atoms with Crippen LogP contribution in [0, 0.1) is 6.92 Å². The van der Waals surface area contributed by atoms with Crippen molar-refractivity contribution >= 4 is 22.0 Å². The van der Waals surface area contributed by atoms with Crippen LogP contribution in [0.3, 0.4) is 0 Å². The molecule has 0 aliphatic carbocycles. The van der Waals surface area contributed by atoms with E-state index in [1.807, 2.05) is 5.32 Å². The molecular weight excluding hydrogens is 308 g/mol. The molecule has 0 spiro atoms. The third-order valence-electron chi connectivity index (χ3n) is 2.58. The highest BCUT2D eigenvalue weighted by molar-refractivity contribution is 7.90. The van der Waals surface area contributed by atoms with Gasteiger partial charge in [0.2, 0.25) is 0 Å². The summed E-state index contributed by atoms with van der Waals surface area (Å²) in [5.41, 5.74) is 0.770. The first-order valence-electron chi connectivity index (χ1n) is 6.09. The summed E-state index contributed by atoms with van der Waals surface area (Å²) in [4.78, 5) is 30.5. The highest BCUT2D eigenvalue weighted by atomic mass is 32.2. The van der Waals surface area contributed by atoms with Gasteiger partial charge in [-0.2, -0.15) is 0 Å². The minimum Gasteiger partial charge on any atom is -0.272 e. The molecule has 0 unspecified atom stereocenters. The average Bonchev–Trinajstić information content (AvgIpc) is 2.48. The van der Waals surface area contributed by atoms with Gasteiger partial charge in [0.25, 0.3) is 15.9 Å². The van der Waals surface area contributed by atoms with Gasteiger partial charge in [0.05, 0.1) is 11.1 Å². The summed E-state index contributed by atoms with van der Waals surface area (Å²) >= 11 is 0. The zero-order valence-electron chi connectivity index (χ0n) is 11.5. The monoisotopic (exact) mass is 320 g/mol. The Labute approximate surface area is 126 Å². The molecule has 22 heavy (non-hydrogen) atoms. The predicted molar refractivity (Wildman–Crippen MR) is 76.4 cm³/mol. The third kappa shape index (κ3) is 3.85. The van der Waals surface area contributed by atoms with Gasteiger partial charge in [-0.05, 0) is 19.1 Å². The molecule has 1 heterocycles. The summed E-state index contributed by atoms with van der Waals surface area (Å²) < 4.78 is 25.7. The number of hydrogen-bond acceptors (Lipinski definition) is 6. The van der Waals surface area contributed by atoms with E-state index in [4.69, 9.17) is 0 Å². The highest BCUT2D eigenvalue weighted by Gasteiger charge is 2.19. The summed E-state index contributed by atoms with van der Waals surface area (Å²) in [6.07, 6.45) is 3.78. The van der Waals surface area contributed by atoms with Gasteiger partial charge in [-0.25, -0.2) is 22.9 Å². The van der Waals surface area contributed by atoms with Crippen molar-refractivity contribution in [2.45, 2.75) is 11.8 Å². The fourth-order valence-corrected chi connectivity index (χ4v) is 2.41. The lowest BCUT2D eigenvalue weighted by Crippen LogP contribution is -2.42. The van der Waals surface area contributed by atoms with Gasteiger partial charge in [0, 0.05) is 12.4 Å². The zero-order valence-corrected chi connectivity index (χ0v) is 12.3. The number of hydrogen-bond donors (Lipinski definition) is 2. The molecule has 0 atom stereocenters. The van der Waals surface area contributed by atoms with E-state index >= 15 is 0 Å². The average molecular weight is 320 g/mol. The van der Waals surface area contributed by atoms with Gasteiger partial charge < -0.3 is 0 Å². The lowest BCUT2D eigenvalue weighted by molar-refractivity contribution is 0.0960. The molecule has 0 saturated heterocycles. The van der Waals surface area contributed by atoms with E-state index in [0.717, 1.165) is 11.8 Å². The van der Waals surface area contributed by atoms with Crippen LogP contribution < -0.4 is 10.0 Å². The van der Waals surface area contributed by atoms with Gasteiger partial charge in [0.15, 0.2) is 0 Å². The number of imide groups is 1. The van der Waals surface area contributed by atoms with Crippen LogP contribution in [0.4, 0.5) is 4.79 Å². The summed E-state index contributed by atoms with van der Waals surface area (Å²) in [6, 6.07) is 4.73. The Bertz CT molecular complexity index is 789. The van der Waals surface area contributed by atoms with Crippen LogP contribution in [-0.4, -0.2) is 30.3 Å². The molecule has 0 aliphatic rings. The van der Waals surface area contributed by atoms with Gasteiger partial charge in [-0.1, -0.05) is 17.7 Å². The summed E-state index contributed by atoms with van der Waals surface area (Å²) in [7, 11) is -4.05. The smallest absolute Gasteiger partial charge is 0.272 e. The molecular formula is C13H12N4O4S. The van der Waals surface area contributed by atoms with Crippen LogP contribution >= 0.6 is 0 Å². The van der Waals surface area contributed by atoms with Crippen LogP contribution in [0.25, 0.3) is 0 Å². The number of urea groups is 1. The second-order valence-electron chi connectivity index (χ2n) is 4.29. The van der Waals surface area contributed by atoms with Crippen molar-refractivity contribution in [2.24, 2.45) is 0 Å². The molecule has 3 amide bonds. The van der Waals surface area contributed by atoms with Crippen LogP contribution in [0.1, 0.15) is 16.1 Å². The van der Waals surface area contributed by atoms with Crippen molar-refractivity contribution in [3.05, 3.63) is 54.1 Å². The van der Waals surface area contributed by atoms with Crippen molar-refractivity contribution in [3.63, 3.8) is 0 Å². The SMILES string of the molecule is Cc1ccc(S(=O)(=O)NC(=O)NC(=O)c2cnccn2)cc1. The number of aryl methyl sites for hydroxylation is 1. The molecule has 8 nitrogen and oxygen atoms in total. The first kappa shape index (κ1) is 15.6. The van der Waals surface area contributed by atoms with E-state index in [1.165, 1.54) is 24.5 Å². The van der Waals surface area contributed by atoms with Crippen molar-refractivity contribution in [1.82, 2.24) is 20.0 Å². The first-order valence-corrected chi connectivity index (χ1v) is 7.57. The number of sulfonamides is 1. The Kier molecular flexibility index (Phi) is 4.47. The number of carbonyl (C=O) groups excluding carboxylic acids is 2. The third-order valence-corrected chi connectivity index (χ3v) is 3.93. The van der Waals surface area contributed by atoms with Gasteiger partial charge >= 0.3 is 6.03 Å². The predicted octanol–water partition coefficient (Wildman–Crippen LogP) is 0.613. The van der Waals surface area contributed by atoms with Crippen LogP contribution in [0.5, 0.6) is 0 Å². The van der Waals surface area contributed by atoms with E-state index in [0.29, 0.717) is 0 Å². The van der Waals surface area contributed by atoms with Crippen LogP contribution in [-0.2, 0) is 10.0 Å². The molecule has 9 heteroatoms. The molecule has 2 rings (SSSR count). The standard InChI is InChI=1S/C13H12N4O4S/c1-9-2-4-10(5-3-9)22(20,21)17-13(19)16-12(18)11-8-14-6-7-15-11/h2-8H,1H3,(H2,16,17,18,19). The minimum absolute atomic E-state index is 0.0831. The van der Waals surface area contributed by atoms with Crippen molar-refractivity contribution < 1.29 is 18.0 Å². The lowest BCUT2D eigenvalue weighted by Gasteiger charge is -2.07. The topological polar surface area (TPSA) is 118 Å². The molecule has 114 valence electrons. The number of rotatable bonds is 3. The molecule has 1 aromatic heterocycles. The molecule has 0 aliphatic heterocycles. The Morgan fingerprint density at radius 3 is 2.36 bits per heavy atom. The maximum Gasteiger partial charge on any atom is 0.335 e. The van der Waals surface area contributed by atoms with E-state index < -0.39 is 22.0 Å². The molecule has 2 N–H and O–H groups in total. The van der Waals surface area contributed by atoms with E-state index in [2.05, 4.69) is 9.97 Å². The van der Waals surface area contributed by atoms with E-state index in [1.54, 1.807) is 23.8 Å². The Hall–Kier alpha value is -2.81. The van der Waals surface area contributed by atoms with Crippen molar-refractivity contribution in [1.29, 1.82) is 0 Å². The quantitative estimate of drug-likeness (QED) is 0.855. The summed E-state index contributed by atoms with van der Waals surface area (Å²) in [5.74, 6) is -0.857. The fourth-order valence-electron chi connectivity index (χ4n) is 1.51. The molecule has 0 saturated carbocycles. The Balaban J connectivity index is 2.05. The van der Waals surface area contributed by atoms with E-state index in [9.17, 15) is 18.0 Å². The zero-order chi connectivity index (χ0) is 16.2. The number of nitrogens with one attached hydrogen (secondary N) is 2. The highest BCUT2D eigenvalue weighted by Crippen LogP contribution is 2.09. The van der Waals surface area contributed by atoms with Gasteiger partial charge in [-0.15, -0.1) is 0 Å². The number of amides is 3. The largest absolute Gasteiger partial charge is 0.335 e. The molecule has 0 bridgehead atoms. The number of benzene rings is 1. The van der Waals surface area contributed by atoms with Crippen LogP contribution in [0.15, 0.2) is 47.8 Å². The second kappa shape index (κ2) is 6.31. The number of carbonyl (C=O) groups is 2. The number of nitrogens with zero attached hydrogens (tertiary/aromatic N) is 2. The molecule has 0 fully saturated rings. The second-order valence-corrected chi connectivity index (χ2v) is 5.97. The minimum atomic E-state index is -4.05. The lowest BCUT2D eigenvalue weighted by atomic mass is 10.2. The first-order chi connectivity index (χ1) is 10.4. The van der Waals surface area contributed by atoms with Gasteiger partial charge in [0.1, 0.15) is 5.69 Å². The number of aromatic nitrogens is 2. The summed E-state index contributed by atoms with van der Waals surface area (Å²) in [6.45, 7) is 1.80. The maximum atomic E-state index is 12.0. The molecule has 1 aromatic carbocycles. The van der Waals surface area contributed by atoms with Crippen molar-refractivity contribution in [3.8, 4) is 0 Å². The fraction of sp³-hybridized carbons (Fsp3) is 0.0769. The van der Waals surface area contributed by atoms with Crippen LogP contribution in [0.2, 0.25) is 0 Å². The molecule has 2 aromatic rings.